The molecule has 2 heterocycles. The molecule has 1 aromatic carbocycles. The highest BCUT2D eigenvalue weighted by Gasteiger charge is 2.41. The first-order chi connectivity index (χ1) is 13.7. The van der Waals surface area contributed by atoms with E-state index < -0.39 is 21.1 Å². The molecule has 0 unspecified atom stereocenters. The van der Waals surface area contributed by atoms with Gasteiger partial charge in [-0.3, -0.25) is 13.9 Å². The van der Waals surface area contributed by atoms with Gasteiger partial charge in [-0.15, -0.1) is 0 Å². The zero-order valence-corrected chi connectivity index (χ0v) is 17.8. The Morgan fingerprint density at radius 2 is 1.76 bits per heavy atom. The number of rotatable bonds is 7. The van der Waals surface area contributed by atoms with E-state index in [9.17, 15) is 18.0 Å². The fourth-order valence-electron chi connectivity index (χ4n) is 3.99. The van der Waals surface area contributed by atoms with Gasteiger partial charge in [-0.25, -0.2) is 17.9 Å². The molecule has 1 saturated heterocycles. The second-order valence-electron chi connectivity index (χ2n) is 8.38. The summed E-state index contributed by atoms with van der Waals surface area (Å²) < 4.78 is 31.0. The maximum absolute atomic E-state index is 12.9. The number of hydrogen-bond acceptors (Lipinski definition) is 5. The third kappa shape index (κ3) is 3.91. The molecule has 0 amide bonds. The Hall–Kier alpha value is -1.97. The summed E-state index contributed by atoms with van der Waals surface area (Å²) >= 11 is 0. The van der Waals surface area contributed by atoms with Crippen LogP contribution >= 0.6 is 0 Å². The van der Waals surface area contributed by atoms with E-state index in [1.165, 1.54) is 16.7 Å². The van der Waals surface area contributed by atoms with Crippen molar-refractivity contribution in [1.29, 1.82) is 0 Å². The van der Waals surface area contributed by atoms with E-state index >= 15 is 0 Å². The molecule has 0 spiro atoms. The van der Waals surface area contributed by atoms with Crippen LogP contribution < -0.4 is 16.0 Å². The topological polar surface area (TPSA) is 93.4 Å². The smallest absolute Gasteiger partial charge is 0.302 e. The van der Waals surface area contributed by atoms with E-state index in [1.807, 2.05) is 6.92 Å². The van der Waals surface area contributed by atoms with E-state index in [2.05, 4.69) is 9.62 Å². The van der Waals surface area contributed by atoms with Crippen molar-refractivity contribution in [1.82, 2.24) is 18.8 Å². The fraction of sp³-hybridized carbons (Fsp3) is 0.600. The zero-order chi connectivity index (χ0) is 20.8. The van der Waals surface area contributed by atoms with Crippen molar-refractivity contribution in [2.45, 2.75) is 63.1 Å². The van der Waals surface area contributed by atoms with E-state index in [4.69, 9.17) is 0 Å². The van der Waals surface area contributed by atoms with Crippen LogP contribution in [0.25, 0.3) is 10.9 Å². The number of hydrogen-bond donors (Lipinski definition) is 1. The number of benzene rings is 1. The van der Waals surface area contributed by atoms with E-state index in [1.54, 1.807) is 17.6 Å². The first-order valence-corrected chi connectivity index (χ1v) is 11.8. The summed E-state index contributed by atoms with van der Waals surface area (Å²) in [6.07, 6.45) is 3.94. The summed E-state index contributed by atoms with van der Waals surface area (Å²) in [4.78, 5) is 28.2. The lowest BCUT2D eigenvalue weighted by Gasteiger charge is -2.18. The Bertz CT molecular complexity index is 1160. The van der Waals surface area contributed by atoms with Crippen molar-refractivity contribution < 1.29 is 8.42 Å². The summed E-state index contributed by atoms with van der Waals surface area (Å²) in [5.41, 5.74) is -0.699. The van der Waals surface area contributed by atoms with Crippen molar-refractivity contribution in [3.63, 3.8) is 0 Å². The molecule has 4 rings (SSSR count). The summed E-state index contributed by atoms with van der Waals surface area (Å²) in [5.74, 6) is 0. The predicted molar refractivity (Wildman–Crippen MR) is 112 cm³/mol. The molecule has 0 radical (unpaired) electrons. The lowest BCUT2D eigenvalue weighted by molar-refractivity contribution is 0.320. The van der Waals surface area contributed by atoms with Gasteiger partial charge in [-0.2, -0.15) is 0 Å². The minimum atomic E-state index is -3.73. The van der Waals surface area contributed by atoms with E-state index in [0.717, 1.165) is 45.3 Å². The Labute approximate surface area is 170 Å². The lowest BCUT2D eigenvalue weighted by atomic mass is 10.2. The van der Waals surface area contributed by atoms with Gasteiger partial charge in [0.25, 0.3) is 5.56 Å². The van der Waals surface area contributed by atoms with Crippen LogP contribution in [0.3, 0.4) is 0 Å². The molecule has 1 N–H and O–H groups in total. The molecule has 1 aliphatic carbocycles. The molecule has 0 bridgehead atoms. The Morgan fingerprint density at radius 3 is 2.38 bits per heavy atom. The van der Waals surface area contributed by atoms with Gasteiger partial charge in [0, 0.05) is 25.2 Å². The lowest BCUT2D eigenvalue weighted by Crippen LogP contribution is -2.41. The van der Waals surface area contributed by atoms with Crippen LogP contribution in [0.4, 0.5) is 0 Å². The van der Waals surface area contributed by atoms with Gasteiger partial charge >= 0.3 is 5.69 Å². The highest BCUT2D eigenvalue weighted by atomic mass is 32.2. The number of sulfonamides is 1. The first kappa shape index (κ1) is 20.3. The quantitative estimate of drug-likeness (QED) is 0.724. The van der Waals surface area contributed by atoms with Gasteiger partial charge in [0.2, 0.25) is 10.0 Å². The molecule has 1 saturated carbocycles. The van der Waals surface area contributed by atoms with Gasteiger partial charge in [-0.1, -0.05) is 0 Å². The van der Waals surface area contributed by atoms with Crippen LogP contribution in [0.5, 0.6) is 0 Å². The summed E-state index contributed by atoms with van der Waals surface area (Å²) in [6, 6.07) is 4.48. The van der Waals surface area contributed by atoms with Crippen LogP contribution in [-0.4, -0.2) is 47.6 Å². The zero-order valence-electron chi connectivity index (χ0n) is 17.0. The highest BCUT2D eigenvalue weighted by molar-refractivity contribution is 7.89. The molecule has 29 heavy (non-hydrogen) atoms. The van der Waals surface area contributed by atoms with Gasteiger partial charge < -0.3 is 4.90 Å². The van der Waals surface area contributed by atoms with Crippen LogP contribution in [0, 0.1) is 0 Å². The Balaban J connectivity index is 1.79. The highest BCUT2D eigenvalue weighted by Crippen LogP contribution is 2.36. The monoisotopic (exact) mass is 420 g/mol. The minimum absolute atomic E-state index is 0.0580. The van der Waals surface area contributed by atoms with Crippen molar-refractivity contribution in [2.24, 2.45) is 0 Å². The van der Waals surface area contributed by atoms with Gasteiger partial charge in [0.1, 0.15) is 0 Å². The molecule has 158 valence electrons. The van der Waals surface area contributed by atoms with Gasteiger partial charge in [-0.05, 0) is 70.8 Å². The molecule has 9 heteroatoms. The molecule has 1 aromatic heterocycles. The van der Waals surface area contributed by atoms with Crippen LogP contribution in [0.2, 0.25) is 0 Å². The molecular formula is C20H28N4O4S. The Morgan fingerprint density at radius 1 is 1.07 bits per heavy atom. The third-order valence-electron chi connectivity index (χ3n) is 6.04. The molecule has 0 atom stereocenters. The molecule has 1 aliphatic heterocycles. The average molecular weight is 421 g/mol. The third-order valence-corrected chi connectivity index (χ3v) is 7.68. The summed E-state index contributed by atoms with van der Waals surface area (Å²) in [7, 11) is -3.73. The van der Waals surface area contributed by atoms with Crippen LogP contribution in [0.15, 0.2) is 32.7 Å². The number of nitrogens with zero attached hydrogens (tertiary/aromatic N) is 3. The first-order valence-electron chi connectivity index (χ1n) is 10.3. The van der Waals surface area contributed by atoms with Crippen molar-refractivity contribution >= 4 is 20.9 Å². The molecule has 8 nitrogen and oxygen atoms in total. The number of aromatic nitrogens is 2. The normalized spacial score (nSPS) is 19.1. The van der Waals surface area contributed by atoms with Crippen molar-refractivity contribution in [2.75, 3.05) is 19.6 Å². The molecule has 2 aliphatic rings. The largest absolute Gasteiger partial charge is 0.331 e. The molecule has 2 fully saturated rings. The number of likely N-dealkylation sites (tertiary alicyclic amines) is 1. The average Bonchev–Trinajstić information content (AvgIpc) is 3.17. The van der Waals surface area contributed by atoms with Gasteiger partial charge in [0.15, 0.2) is 0 Å². The van der Waals surface area contributed by atoms with Crippen LogP contribution in [0.1, 0.15) is 39.5 Å². The predicted octanol–water partition coefficient (Wildman–Crippen LogP) is 1.11. The maximum atomic E-state index is 12.9. The standard InChI is InChI=1S/C20H28N4O4S/c1-3-23-18(25)16-14-15(29(27,28)21-20(2)8-9-20)6-7-17(16)24(19(23)26)13-12-22-10-4-5-11-22/h6-7,14,21H,3-5,8-13H2,1-2H3. The van der Waals surface area contributed by atoms with Crippen molar-refractivity contribution in [3.8, 4) is 0 Å². The SMILES string of the molecule is CCn1c(=O)c2cc(S(=O)(=O)NC3(C)CC3)ccc2n(CCN2CCCC2)c1=O. The number of nitrogens with one attached hydrogen (secondary N) is 1. The fourth-order valence-corrected chi connectivity index (χ4v) is 5.48. The summed E-state index contributed by atoms with van der Waals surface area (Å²) in [5, 5.41) is 0.261. The molecule has 2 aromatic rings. The van der Waals surface area contributed by atoms with E-state index in [-0.39, 0.29) is 22.5 Å². The van der Waals surface area contributed by atoms with Crippen LogP contribution in [-0.2, 0) is 23.1 Å². The second kappa shape index (κ2) is 7.37. The maximum Gasteiger partial charge on any atom is 0.331 e. The molecular weight excluding hydrogens is 392 g/mol. The summed E-state index contributed by atoms with van der Waals surface area (Å²) in [6.45, 7) is 7.10. The Kier molecular flexibility index (Phi) is 5.16. The minimum Gasteiger partial charge on any atom is -0.302 e. The van der Waals surface area contributed by atoms with E-state index in [0.29, 0.717) is 12.1 Å². The van der Waals surface area contributed by atoms with Crippen molar-refractivity contribution in [3.05, 3.63) is 39.0 Å². The second-order valence-corrected chi connectivity index (χ2v) is 10.1. The van der Waals surface area contributed by atoms with Gasteiger partial charge in [0.05, 0.1) is 15.8 Å². The number of fused-ring (bicyclic) bond motifs is 1.